The molecule has 1 saturated heterocycles. The predicted molar refractivity (Wildman–Crippen MR) is 49.2 cm³/mol. The normalized spacial score (nSPS) is 36.1. The van der Waals surface area contributed by atoms with Gasteiger partial charge in [0.2, 0.25) is 5.91 Å². The number of carbonyl (C=O) groups is 1. The molecule has 0 aromatic heterocycles. The molecule has 2 aliphatic rings. The highest BCUT2D eigenvalue weighted by Gasteiger charge is 2.58. The van der Waals surface area contributed by atoms with Gasteiger partial charge in [0, 0.05) is 19.1 Å². The second-order valence-corrected chi connectivity index (χ2v) is 4.45. The molecule has 3 atom stereocenters. The van der Waals surface area contributed by atoms with E-state index in [1.807, 2.05) is 0 Å². The Morgan fingerprint density at radius 3 is 2.92 bits per heavy atom. The minimum Gasteiger partial charge on any atom is -0.377 e. The fourth-order valence-corrected chi connectivity index (χ4v) is 2.02. The summed E-state index contributed by atoms with van der Waals surface area (Å²) in [7, 11) is 0. The minimum absolute atomic E-state index is 0.174. The van der Waals surface area contributed by atoms with Crippen molar-refractivity contribution in [3.63, 3.8) is 0 Å². The van der Waals surface area contributed by atoms with E-state index in [4.69, 9.17) is 4.74 Å². The maximum atomic E-state index is 11.5. The molecule has 13 heavy (non-hydrogen) atoms. The van der Waals surface area contributed by atoms with Crippen LogP contribution in [0.2, 0.25) is 0 Å². The summed E-state index contributed by atoms with van der Waals surface area (Å²) in [6.07, 6.45) is 1.33. The first-order chi connectivity index (χ1) is 6.20. The average Bonchev–Trinajstić information content (AvgIpc) is 2.56. The Morgan fingerprint density at radius 1 is 1.62 bits per heavy atom. The number of amides is 1. The third kappa shape index (κ3) is 1.70. The lowest BCUT2D eigenvalue weighted by molar-refractivity contribution is -0.124. The van der Waals surface area contributed by atoms with E-state index in [9.17, 15) is 4.79 Å². The van der Waals surface area contributed by atoms with E-state index in [1.165, 1.54) is 0 Å². The highest BCUT2D eigenvalue weighted by Crippen LogP contribution is 2.48. The Labute approximate surface area is 78.8 Å². The van der Waals surface area contributed by atoms with Crippen molar-refractivity contribution in [1.29, 1.82) is 0 Å². The van der Waals surface area contributed by atoms with Gasteiger partial charge in [0.05, 0.1) is 12.0 Å². The molecule has 0 bridgehead atoms. The lowest BCUT2D eigenvalue weighted by Gasteiger charge is -2.08. The SMILES string of the molecule is CC(C)CNC(=O)C1C2CCOC21. The van der Waals surface area contributed by atoms with E-state index in [2.05, 4.69) is 19.2 Å². The third-order valence-electron chi connectivity index (χ3n) is 2.85. The highest BCUT2D eigenvalue weighted by molar-refractivity contribution is 5.82. The van der Waals surface area contributed by atoms with E-state index in [1.54, 1.807) is 0 Å². The zero-order valence-electron chi connectivity index (χ0n) is 8.25. The molecule has 1 amide bonds. The van der Waals surface area contributed by atoms with E-state index < -0.39 is 0 Å². The molecule has 3 nitrogen and oxygen atoms in total. The fourth-order valence-electron chi connectivity index (χ4n) is 2.02. The van der Waals surface area contributed by atoms with Crippen LogP contribution in [-0.2, 0) is 9.53 Å². The Bertz CT molecular complexity index is 205. The highest BCUT2D eigenvalue weighted by atomic mass is 16.5. The van der Waals surface area contributed by atoms with Gasteiger partial charge in [0.25, 0.3) is 0 Å². The number of hydrogen-bond acceptors (Lipinski definition) is 2. The molecule has 2 fully saturated rings. The maximum absolute atomic E-state index is 11.5. The van der Waals surface area contributed by atoms with Crippen LogP contribution in [0.3, 0.4) is 0 Å². The van der Waals surface area contributed by atoms with Gasteiger partial charge in [-0.2, -0.15) is 0 Å². The van der Waals surface area contributed by atoms with Crippen LogP contribution in [0.25, 0.3) is 0 Å². The Balaban J connectivity index is 1.74. The van der Waals surface area contributed by atoms with E-state index >= 15 is 0 Å². The zero-order chi connectivity index (χ0) is 9.42. The molecule has 1 N–H and O–H groups in total. The van der Waals surface area contributed by atoms with Crippen molar-refractivity contribution >= 4 is 5.91 Å². The van der Waals surface area contributed by atoms with Crippen molar-refractivity contribution in [3.05, 3.63) is 0 Å². The predicted octanol–water partition coefficient (Wildman–Crippen LogP) is 0.793. The molecule has 1 saturated carbocycles. The first-order valence-corrected chi connectivity index (χ1v) is 5.09. The van der Waals surface area contributed by atoms with Gasteiger partial charge in [-0.15, -0.1) is 0 Å². The topological polar surface area (TPSA) is 38.3 Å². The van der Waals surface area contributed by atoms with Gasteiger partial charge in [-0.05, 0) is 12.3 Å². The van der Waals surface area contributed by atoms with Crippen molar-refractivity contribution < 1.29 is 9.53 Å². The summed E-state index contributed by atoms with van der Waals surface area (Å²) >= 11 is 0. The number of fused-ring (bicyclic) bond motifs is 1. The molecule has 1 heterocycles. The summed E-state index contributed by atoms with van der Waals surface area (Å²) in [6, 6.07) is 0. The van der Waals surface area contributed by atoms with E-state index in [0.717, 1.165) is 19.6 Å². The third-order valence-corrected chi connectivity index (χ3v) is 2.85. The Hall–Kier alpha value is -0.570. The van der Waals surface area contributed by atoms with Crippen molar-refractivity contribution in [2.75, 3.05) is 13.2 Å². The summed E-state index contributed by atoms with van der Waals surface area (Å²) in [5.41, 5.74) is 0. The second-order valence-electron chi connectivity index (χ2n) is 4.45. The zero-order valence-corrected chi connectivity index (χ0v) is 8.25. The summed E-state index contributed by atoms with van der Waals surface area (Å²) in [5, 5.41) is 2.95. The van der Waals surface area contributed by atoms with Crippen molar-refractivity contribution in [1.82, 2.24) is 5.32 Å². The van der Waals surface area contributed by atoms with Crippen LogP contribution in [-0.4, -0.2) is 25.2 Å². The molecule has 3 heteroatoms. The molecule has 0 radical (unpaired) electrons. The number of hydrogen-bond donors (Lipinski definition) is 1. The van der Waals surface area contributed by atoms with Gasteiger partial charge in [-0.1, -0.05) is 13.8 Å². The van der Waals surface area contributed by atoms with Crippen molar-refractivity contribution in [2.24, 2.45) is 17.8 Å². The standard InChI is InChI=1S/C10H17NO2/c1-6(2)5-11-10(12)8-7-3-4-13-9(7)8/h6-9H,3-5H2,1-2H3,(H,11,12). The summed E-state index contributed by atoms with van der Waals surface area (Å²) in [5.74, 6) is 1.44. The summed E-state index contributed by atoms with van der Waals surface area (Å²) < 4.78 is 5.41. The largest absolute Gasteiger partial charge is 0.377 e. The van der Waals surface area contributed by atoms with Crippen LogP contribution < -0.4 is 5.32 Å². The molecule has 0 spiro atoms. The van der Waals surface area contributed by atoms with Crippen LogP contribution in [0.15, 0.2) is 0 Å². The van der Waals surface area contributed by atoms with Gasteiger partial charge < -0.3 is 10.1 Å². The molecule has 1 aliphatic heterocycles. The number of ether oxygens (including phenoxy) is 1. The number of nitrogens with one attached hydrogen (secondary N) is 1. The van der Waals surface area contributed by atoms with Crippen LogP contribution in [0.4, 0.5) is 0 Å². The molecule has 2 rings (SSSR count). The molecular formula is C10H17NO2. The van der Waals surface area contributed by atoms with Gasteiger partial charge in [0.15, 0.2) is 0 Å². The maximum Gasteiger partial charge on any atom is 0.226 e. The Kier molecular flexibility index (Phi) is 2.28. The van der Waals surface area contributed by atoms with Gasteiger partial charge in [-0.3, -0.25) is 4.79 Å². The lowest BCUT2D eigenvalue weighted by atomic mass is 10.2. The van der Waals surface area contributed by atoms with Crippen LogP contribution in [0.1, 0.15) is 20.3 Å². The summed E-state index contributed by atoms with van der Waals surface area (Å²) in [6.45, 7) is 5.84. The fraction of sp³-hybridized carbons (Fsp3) is 0.900. The lowest BCUT2D eigenvalue weighted by Crippen LogP contribution is -2.30. The van der Waals surface area contributed by atoms with Gasteiger partial charge in [-0.25, -0.2) is 0 Å². The molecule has 3 unspecified atom stereocenters. The first-order valence-electron chi connectivity index (χ1n) is 5.09. The first kappa shape index (κ1) is 9.00. The number of carbonyl (C=O) groups excluding carboxylic acids is 1. The second kappa shape index (κ2) is 3.29. The average molecular weight is 183 g/mol. The van der Waals surface area contributed by atoms with Crippen LogP contribution in [0, 0.1) is 17.8 Å². The van der Waals surface area contributed by atoms with Crippen molar-refractivity contribution in [3.8, 4) is 0 Å². The summed E-state index contributed by atoms with van der Waals surface area (Å²) in [4.78, 5) is 11.5. The van der Waals surface area contributed by atoms with Gasteiger partial charge in [0.1, 0.15) is 0 Å². The number of rotatable bonds is 3. The molecule has 1 aliphatic carbocycles. The molecular weight excluding hydrogens is 166 g/mol. The smallest absolute Gasteiger partial charge is 0.226 e. The molecule has 0 aromatic carbocycles. The van der Waals surface area contributed by atoms with E-state index in [-0.39, 0.29) is 17.9 Å². The molecule has 0 aromatic rings. The minimum atomic E-state index is 0.174. The monoisotopic (exact) mass is 183 g/mol. The van der Waals surface area contributed by atoms with Crippen LogP contribution >= 0.6 is 0 Å². The van der Waals surface area contributed by atoms with Crippen LogP contribution in [0.5, 0.6) is 0 Å². The van der Waals surface area contributed by atoms with Gasteiger partial charge >= 0.3 is 0 Å². The Morgan fingerprint density at radius 2 is 2.38 bits per heavy atom. The quantitative estimate of drug-likeness (QED) is 0.702. The van der Waals surface area contributed by atoms with E-state index in [0.29, 0.717) is 11.8 Å². The molecule has 74 valence electrons. The van der Waals surface area contributed by atoms with Crippen molar-refractivity contribution in [2.45, 2.75) is 26.4 Å².